The van der Waals surface area contributed by atoms with Crippen LogP contribution in [0.4, 0.5) is 0 Å². The predicted molar refractivity (Wildman–Crippen MR) is 62.7 cm³/mol. The average Bonchev–Trinajstić information content (AvgIpc) is 2.72. The fraction of sp³-hybridized carbons (Fsp3) is 0.556. The Morgan fingerprint density at radius 3 is 3.12 bits per heavy atom. The van der Waals surface area contributed by atoms with Gasteiger partial charge in [0.05, 0.1) is 6.54 Å². The van der Waals surface area contributed by atoms with E-state index in [4.69, 9.17) is 0 Å². The second kappa shape index (κ2) is 5.17. The number of hydrogen-bond donors (Lipinski definition) is 3. The minimum atomic E-state index is -0.225. The molecule has 0 aliphatic carbocycles. The minimum Gasteiger partial charge on any atom is -0.349 e. The molecule has 0 saturated heterocycles. The van der Waals surface area contributed by atoms with Crippen molar-refractivity contribution in [3.05, 3.63) is 11.6 Å². The Labute approximate surface area is 103 Å². The summed E-state index contributed by atoms with van der Waals surface area (Å²) in [5.74, 6) is 1.10. The van der Waals surface area contributed by atoms with Gasteiger partial charge < -0.3 is 15.2 Å². The van der Waals surface area contributed by atoms with Crippen molar-refractivity contribution in [2.24, 2.45) is 0 Å². The summed E-state index contributed by atoms with van der Waals surface area (Å²) in [5, 5.41) is 13.1. The number of carbonyl (C=O) groups is 2. The predicted octanol–water partition coefficient (Wildman–Crippen LogP) is -1.04. The van der Waals surface area contributed by atoms with E-state index in [0.717, 1.165) is 0 Å². The highest BCUT2D eigenvalue weighted by Crippen LogP contribution is 2.05. The Balaban J connectivity index is 2.03. The van der Waals surface area contributed by atoms with Crippen LogP contribution in [0.1, 0.15) is 22.9 Å². The third-order valence-corrected chi connectivity index (χ3v) is 2.66. The van der Waals surface area contributed by atoms with Gasteiger partial charge in [-0.25, -0.2) is 0 Å². The molecular weight excluding hydrogens is 242 g/mol. The van der Waals surface area contributed by atoms with Gasteiger partial charge in [0.1, 0.15) is 0 Å². The van der Waals surface area contributed by atoms with E-state index in [0.29, 0.717) is 36.9 Å². The molecule has 1 aromatic heterocycles. The number of amides is 2. The van der Waals surface area contributed by atoms with Crippen molar-refractivity contribution in [3.63, 3.8) is 0 Å². The molecule has 2 heterocycles. The molecule has 0 radical (unpaired) electrons. The molecule has 2 N–H and O–H groups in total. The molecule has 0 bridgehead atoms. The van der Waals surface area contributed by atoms with Crippen LogP contribution in [-0.4, -0.2) is 38.9 Å². The molecule has 7 nitrogen and oxygen atoms in total. The average molecular weight is 255 g/mol. The summed E-state index contributed by atoms with van der Waals surface area (Å²) in [4.78, 5) is 22.7. The first-order valence-corrected chi connectivity index (χ1v) is 5.93. The minimum absolute atomic E-state index is 0.0855. The molecule has 0 fully saturated rings. The Bertz CT molecular complexity index is 445. The van der Waals surface area contributed by atoms with Crippen LogP contribution >= 0.6 is 12.6 Å². The summed E-state index contributed by atoms with van der Waals surface area (Å²) in [6.07, 6.45) is 0.366. The fourth-order valence-electron chi connectivity index (χ4n) is 1.60. The molecule has 2 amide bonds. The lowest BCUT2D eigenvalue weighted by atomic mass is 10.4. The lowest BCUT2D eigenvalue weighted by Crippen LogP contribution is -2.37. The molecule has 0 aromatic carbocycles. The van der Waals surface area contributed by atoms with Crippen molar-refractivity contribution in [3.8, 4) is 0 Å². The maximum absolute atomic E-state index is 11.4. The summed E-state index contributed by atoms with van der Waals surface area (Å²) >= 11 is 3.97. The van der Waals surface area contributed by atoms with Gasteiger partial charge in [-0.05, 0) is 5.75 Å². The number of carbonyl (C=O) groups excluding carboxylic acids is 2. The molecule has 0 saturated carbocycles. The van der Waals surface area contributed by atoms with Gasteiger partial charge in [0, 0.05) is 19.5 Å². The van der Waals surface area contributed by atoms with Gasteiger partial charge in [-0.3, -0.25) is 9.59 Å². The smallest absolute Gasteiger partial charge is 0.289 e. The van der Waals surface area contributed by atoms with E-state index in [-0.39, 0.29) is 18.4 Å². The number of hydrogen-bond acceptors (Lipinski definition) is 5. The van der Waals surface area contributed by atoms with Crippen molar-refractivity contribution in [1.29, 1.82) is 0 Å². The Morgan fingerprint density at radius 1 is 1.53 bits per heavy atom. The zero-order chi connectivity index (χ0) is 12.3. The number of nitrogens with one attached hydrogen (secondary N) is 2. The molecule has 1 aliphatic heterocycles. The van der Waals surface area contributed by atoms with Gasteiger partial charge in [0.25, 0.3) is 5.91 Å². The zero-order valence-corrected chi connectivity index (χ0v) is 10.0. The van der Waals surface area contributed by atoms with Crippen LogP contribution in [0.3, 0.4) is 0 Å². The Kier molecular flexibility index (Phi) is 3.62. The summed E-state index contributed by atoms with van der Waals surface area (Å²) in [6.45, 7) is 1.47. The highest BCUT2D eigenvalue weighted by atomic mass is 32.1. The van der Waals surface area contributed by atoms with Crippen molar-refractivity contribution < 1.29 is 9.59 Å². The highest BCUT2D eigenvalue weighted by molar-refractivity contribution is 7.80. The van der Waals surface area contributed by atoms with Gasteiger partial charge in [-0.2, -0.15) is 12.6 Å². The summed E-state index contributed by atoms with van der Waals surface area (Å²) in [5.41, 5.74) is 0. The Morgan fingerprint density at radius 2 is 2.35 bits per heavy atom. The van der Waals surface area contributed by atoms with E-state index in [1.54, 1.807) is 4.57 Å². The van der Waals surface area contributed by atoms with Crippen LogP contribution in [-0.2, 0) is 17.9 Å². The third-order valence-electron chi connectivity index (χ3n) is 2.43. The van der Waals surface area contributed by atoms with E-state index in [1.165, 1.54) is 0 Å². The maximum atomic E-state index is 11.4. The van der Waals surface area contributed by atoms with E-state index >= 15 is 0 Å². The van der Waals surface area contributed by atoms with Gasteiger partial charge >= 0.3 is 0 Å². The number of aromatic nitrogens is 3. The topological polar surface area (TPSA) is 88.9 Å². The number of thiol groups is 1. The zero-order valence-electron chi connectivity index (χ0n) is 9.14. The SMILES string of the molecule is O=C(CCS)NCc1nnc2n1CCNC2=O. The molecule has 8 heteroatoms. The van der Waals surface area contributed by atoms with E-state index in [9.17, 15) is 9.59 Å². The van der Waals surface area contributed by atoms with Crippen molar-refractivity contribution in [1.82, 2.24) is 25.4 Å². The third kappa shape index (κ3) is 2.57. The van der Waals surface area contributed by atoms with Gasteiger partial charge in [0.15, 0.2) is 5.82 Å². The lowest BCUT2D eigenvalue weighted by Gasteiger charge is -2.15. The molecule has 0 unspecified atom stereocenters. The van der Waals surface area contributed by atoms with Crippen LogP contribution in [0.2, 0.25) is 0 Å². The summed E-state index contributed by atoms with van der Waals surface area (Å²) in [7, 11) is 0. The number of nitrogens with zero attached hydrogens (tertiary/aromatic N) is 3. The fourth-order valence-corrected chi connectivity index (χ4v) is 1.80. The molecule has 2 rings (SSSR count). The molecule has 92 valence electrons. The van der Waals surface area contributed by atoms with Gasteiger partial charge in [-0.1, -0.05) is 0 Å². The van der Waals surface area contributed by atoms with Gasteiger partial charge in [0.2, 0.25) is 11.7 Å². The maximum Gasteiger partial charge on any atom is 0.289 e. The van der Waals surface area contributed by atoms with E-state index in [2.05, 4.69) is 33.5 Å². The Hall–Kier alpha value is -1.57. The molecular formula is C9H13N5O2S. The molecule has 17 heavy (non-hydrogen) atoms. The van der Waals surface area contributed by atoms with E-state index < -0.39 is 0 Å². The standard InChI is InChI=1S/C9H13N5O2S/c15-7(1-4-17)11-5-6-12-13-8-9(16)10-2-3-14(6)8/h17H,1-5H2,(H,10,16)(H,11,15). The second-order valence-electron chi connectivity index (χ2n) is 3.60. The lowest BCUT2D eigenvalue weighted by molar-refractivity contribution is -0.120. The van der Waals surface area contributed by atoms with Crippen LogP contribution in [0.25, 0.3) is 0 Å². The van der Waals surface area contributed by atoms with Crippen LogP contribution in [0.15, 0.2) is 0 Å². The van der Waals surface area contributed by atoms with Crippen molar-refractivity contribution in [2.75, 3.05) is 12.3 Å². The second-order valence-corrected chi connectivity index (χ2v) is 4.04. The molecule has 1 aliphatic rings. The van der Waals surface area contributed by atoms with E-state index in [1.807, 2.05) is 0 Å². The number of rotatable bonds is 4. The van der Waals surface area contributed by atoms with Gasteiger partial charge in [-0.15, -0.1) is 10.2 Å². The quantitative estimate of drug-likeness (QED) is 0.599. The first-order chi connectivity index (χ1) is 8.22. The summed E-state index contributed by atoms with van der Waals surface area (Å²) in [6, 6.07) is 0. The van der Waals surface area contributed by atoms with Crippen LogP contribution < -0.4 is 10.6 Å². The summed E-state index contributed by atoms with van der Waals surface area (Å²) < 4.78 is 1.72. The van der Waals surface area contributed by atoms with Crippen LogP contribution in [0, 0.1) is 0 Å². The molecule has 1 aromatic rings. The molecule has 0 spiro atoms. The van der Waals surface area contributed by atoms with Crippen LogP contribution in [0.5, 0.6) is 0 Å². The first kappa shape index (κ1) is 11.9. The highest BCUT2D eigenvalue weighted by Gasteiger charge is 2.22. The largest absolute Gasteiger partial charge is 0.349 e. The normalized spacial score (nSPS) is 14.1. The molecule has 0 atom stereocenters. The van der Waals surface area contributed by atoms with Crippen molar-refractivity contribution >= 4 is 24.4 Å². The monoisotopic (exact) mass is 255 g/mol. The van der Waals surface area contributed by atoms with Crippen molar-refractivity contribution in [2.45, 2.75) is 19.5 Å². The first-order valence-electron chi connectivity index (χ1n) is 5.30. The number of fused-ring (bicyclic) bond motifs is 1.